The molecule has 0 unspecified atom stereocenters. The van der Waals surface area contributed by atoms with Crippen LogP contribution in [-0.4, -0.2) is 72.3 Å². The lowest BCUT2D eigenvalue weighted by Gasteiger charge is -2.19. The molecule has 8 nitrogen and oxygen atoms in total. The summed E-state index contributed by atoms with van der Waals surface area (Å²) < 4.78 is 13.7. The van der Waals surface area contributed by atoms with E-state index in [9.17, 15) is 18.8 Å². The summed E-state index contributed by atoms with van der Waals surface area (Å²) in [5.41, 5.74) is 3.90. The molecule has 174 valence electrons. The molecule has 3 amide bonds. The Hall–Kier alpha value is -3.46. The lowest BCUT2D eigenvalue weighted by atomic mass is 10.0. The molecule has 33 heavy (non-hydrogen) atoms. The zero-order chi connectivity index (χ0) is 23.9. The summed E-state index contributed by atoms with van der Waals surface area (Å²) in [7, 11) is 3.70. The Kier molecular flexibility index (Phi) is 6.07. The SMILES string of the molecule is Cc1[nH]c(C=C2C(=O)Nc3ccc(F)cc32)c(C)c1C(=O)N[C@H]1CCN(C(=O)CN(C)C)C1. The molecule has 0 saturated carbocycles. The summed E-state index contributed by atoms with van der Waals surface area (Å²) in [5, 5.41) is 5.77. The maximum absolute atomic E-state index is 13.7. The quantitative estimate of drug-likeness (QED) is 0.605. The Labute approximate surface area is 191 Å². The molecule has 0 bridgehead atoms. The van der Waals surface area contributed by atoms with Crippen LogP contribution in [0.3, 0.4) is 0 Å². The van der Waals surface area contributed by atoms with E-state index in [0.29, 0.717) is 65.4 Å². The van der Waals surface area contributed by atoms with Gasteiger partial charge in [-0.1, -0.05) is 0 Å². The minimum Gasteiger partial charge on any atom is -0.358 e. The molecule has 1 aromatic carbocycles. The number of benzene rings is 1. The monoisotopic (exact) mass is 453 g/mol. The topological polar surface area (TPSA) is 97.5 Å². The number of nitrogens with zero attached hydrogens (tertiary/aromatic N) is 2. The highest BCUT2D eigenvalue weighted by molar-refractivity contribution is 6.34. The van der Waals surface area contributed by atoms with Crippen molar-refractivity contribution >= 4 is 35.1 Å². The Morgan fingerprint density at radius 1 is 1.30 bits per heavy atom. The third-order valence-electron chi connectivity index (χ3n) is 6.08. The van der Waals surface area contributed by atoms with Gasteiger partial charge in [0.1, 0.15) is 5.82 Å². The minimum atomic E-state index is -0.426. The third kappa shape index (κ3) is 4.54. The minimum absolute atomic E-state index is 0.0474. The average Bonchev–Trinajstić information content (AvgIpc) is 3.39. The van der Waals surface area contributed by atoms with Crippen LogP contribution < -0.4 is 10.6 Å². The van der Waals surface area contributed by atoms with Gasteiger partial charge in [0, 0.05) is 41.8 Å². The number of fused-ring (bicyclic) bond motifs is 1. The number of hydrogen-bond donors (Lipinski definition) is 3. The van der Waals surface area contributed by atoms with Crippen molar-refractivity contribution in [3.8, 4) is 0 Å². The number of likely N-dealkylation sites (N-methyl/N-ethyl adjacent to an activating group) is 1. The van der Waals surface area contributed by atoms with Crippen LogP contribution in [0.4, 0.5) is 10.1 Å². The Bertz CT molecular complexity index is 1170. The second kappa shape index (κ2) is 8.82. The molecule has 3 N–H and O–H groups in total. The molecular formula is C24H28FN5O3. The van der Waals surface area contributed by atoms with E-state index in [4.69, 9.17) is 0 Å². The van der Waals surface area contributed by atoms with E-state index in [0.717, 1.165) is 0 Å². The van der Waals surface area contributed by atoms with Gasteiger partial charge in [-0.15, -0.1) is 0 Å². The predicted octanol–water partition coefficient (Wildman–Crippen LogP) is 2.16. The summed E-state index contributed by atoms with van der Waals surface area (Å²) in [6, 6.07) is 4.03. The number of anilines is 1. The first-order valence-electron chi connectivity index (χ1n) is 10.9. The molecule has 1 aromatic heterocycles. The Morgan fingerprint density at radius 3 is 2.79 bits per heavy atom. The maximum atomic E-state index is 13.7. The van der Waals surface area contributed by atoms with Gasteiger partial charge in [0.05, 0.1) is 17.7 Å². The number of halogens is 1. The maximum Gasteiger partial charge on any atom is 0.256 e. The number of aromatic nitrogens is 1. The van der Waals surface area contributed by atoms with Gasteiger partial charge in [-0.2, -0.15) is 0 Å². The third-order valence-corrected chi connectivity index (χ3v) is 6.08. The number of amides is 3. The molecule has 2 aliphatic heterocycles. The largest absolute Gasteiger partial charge is 0.358 e. The van der Waals surface area contributed by atoms with Crippen molar-refractivity contribution in [1.82, 2.24) is 20.1 Å². The van der Waals surface area contributed by atoms with Crippen LogP contribution in [0.5, 0.6) is 0 Å². The number of aryl methyl sites for hydroxylation is 1. The number of hydrogen-bond acceptors (Lipinski definition) is 4. The normalized spacial score (nSPS) is 18.7. The number of likely N-dealkylation sites (tertiary alicyclic amines) is 1. The molecular weight excluding hydrogens is 425 g/mol. The van der Waals surface area contributed by atoms with Gasteiger partial charge >= 0.3 is 0 Å². The molecule has 1 fully saturated rings. The molecule has 3 heterocycles. The molecule has 4 rings (SSSR count). The van der Waals surface area contributed by atoms with Gasteiger partial charge in [0.2, 0.25) is 5.91 Å². The number of rotatable bonds is 5. The number of nitrogens with one attached hydrogen (secondary N) is 3. The van der Waals surface area contributed by atoms with Crippen molar-refractivity contribution in [2.45, 2.75) is 26.3 Å². The molecule has 1 atom stereocenters. The number of aromatic amines is 1. The van der Waals surface area contributed by atoms with Gasteiger partial charge in [-0.25, -0.2) is 4.39 Å². The summed E-state index contributed by atoms with van der Waals surface area (Å²) >= 11 is 0. The molecule has 2 aliphatic rings. The van der Waals surface area contributed by atoms with Crippen LogP contribution >= 0.6 is 0 Å². The zero-order valence-corrected chi connectivity index (χ0v) is 19.2. The van der Waals surface area contributed by atoms with Crippen LogP contribution in [0.15, 0.2) is 18.2 Å². The van der Waals surface area contributed by atoms with E-state index in [1.807, 2.05) is 25.9 Å². The molecule has 0 radical (unpaired) electrons. The highest BCUT2D eigenvalue weighted by atomic mass is 19.1. The van der Waals surface area contributed by atoms with Crippen molar-refractivity contribution in [2.24, 2.45) is 0 Å². The first-order valence-corrected chi connectivity index (χ1v) is 10.9. The summed E-state index contributed by atoms with van der Waals surface area (Å²) in [5.74, 6) is -0.918. The predicted molar refractivity (Wildman–Crippen MR) is 124 cm³/mol. The van der Waals surface area contributed by atoms with Crippen LogP contribution in [0.1, 0.15) is 39.3 Å². The average molecular weight is 454 g/mol. The van der Waals surface area contributed by atoms with Crippen molar-refractivity contribution in [3.63, 3.8) is 0 Å². The van der Waals surface area contributed by atoms with E-state index in [1.54, 1.807) is 17.9 Å². The molecule has 1 saturated heterocycles. The first kappa shape index (κ1) is 22.7. The molecule has 0 aliphatic carbocycles. The number of H-pyrrole nitrogens is 1. The fraction of sp³-hybridized carbons (Fsp3) is 0.375. The van der Waals surface area contributed by atoms with Crippen LogP contribution in [0, 0.1) is 19.7 Å². The second-order valence-electron chi connectivity index (χ2n) is 8.90. The second-order valence-corrected chi connectivity index (χ2v) is 8.90. The van der Waals surface area contributed by atoms with Gasteiger partial charge < -0.3 is 25.4 Å². The number of carbonyl (C=O) groups excluding carboxylic acids is 3. The fourth-order valence-corrected chi connectivity index (χ4v) is 4.44. The zero-order valence-electron chi connectivity index (χ0n) is 19.2. The van der Waals surface area contributed by atoms with Crippen LogP contribution in [0.25, 0.3) is 11.6 Å². The Morgan fingerprint density at radius 2 is 2.06 bits per heavy atom. The lowest BCUT2D eigenvalue weighted by molar-refractivity contribution is -0.130. The van der Waals surface area contributed by atoms with E-state index in [2.05, 4.69) is 15.6 Å². The van der Waals surface area contributed by atoms with Crippen molar-refractivity contribution < 1.29 is 18.8 Å². The highest BCUT2D eigenvalue weighted by Gasteiger charge is 2.30. The fourth-order valence-electron chi connectivity index (χ4n) is 4.44. The van der Waals surface area contributed by atoms with E-state index < -0.39 is 5.82 Å². The van der Waals surface area contributed by atoms with E-state index in [-0.39, 0.29) is 23.8 Å². The van der Waals surface area contributed by atoms with Gasteiger partial charge in [0.25, 0.3) is 11.8 Å². The van der Waals surface area contributed by atoms with Crippen LogP contribution in [-0.2, 0) is 9.59 Å². The van der Waals surface area contributed by atoms with Gasteiger partial charge in [-0.05, 0) is 64.2 Å². The van der Waals surface area contributed by atoms with Gasteiger partial charge in [0.15, 0.2) is 0 Å². The molecule has 0 spiro atoms. The number of carbonyl (C=O) groups is 3. The molecule has 9 heteroatoms. The highest BCUT2D eigenvalue weighted by Crippen LogP contribution is 2.34. The van der Waals surface area contributed by atoms with Crippen molar-refractivity contribution in [2.75, 3.05) is 39.0 Å². The standard InChI is InChI=1S/C24H28FN5O3/c1-13-20(10-18-17-9-15(25)5-6-19(17)28-23(18)32)26-14(2)22(13)24(33)27-16-7-8-30(11-16)21(31)12-29(3)4/h5-6,9-10,16,26H,7-8,11-12H2,1-4H3,(H,27,33)(H,28,32)/t16-/m0/s1. The van der Waals surface area contributed by atoms with Gasteiger partial charge in [-0.3, -0.25) is 14.4 Å². The smallest absolute Gasteiger partial charge is 0.256 e. The van der Waals surface area contributed by atoms with E-state index >= 15 is 0 Å². The summed E-state index contributed by atoms with van der Waals surface area (Å²) in [4.78, 5) is 44.5. The summed E-state index contributed by atoms with van der Waals surface area (Å²) in [6.07, 6.45) is 2.35. The van der Waals surface area contributed by atoms with Crippen LogP contribution in [0.2, 0.25) is 0 Å². The molecule has 2 aromatic rings. The first-order chi connectivity index (χ1) is 15.6. The van der Waals surface area contributed by atoms with E-state index in [1.165, 1.54) is 18.2 Å². The lowest BCUT2D eigenvalue weighted by Crippen LogP contribution is -2.41. The van der Waals surface area contributed by atoms with Crippen molar-refractivity contribution in [1.29, 1.82) is 0 Å². The summed E-state index contributed by atoms with van der Waals surface area (Å²) in [6.45, 7) is 5.06. The Balaban J connectivity index is 1.51. The van der Waals surface area contributed by atoms with Crippen molar-refractivity contribution in [3.05, 3.63) is 52.1 Å².